The van der Waals surface area contributed by atoms with E-state index >= 15 is 0 Å². The molecule has 0 N–H and O–H groups in total. The van der Waals surface area contributed by atoms with E-state index in [0.29, 0.717) is 12.1 Å². The Morgan fingerprint density at radius 1 is 1.03 bits per heavy atom. The smallest absolute Gasteiger partial charge is 0.308 e. The Balaban J connectivity index is 1.95. The molecule has 1 fully saturated rings. The van der Waals surface area contributed by atoms with Crippen LogP contribution in [-0.2, 0) is 28.0 Å². The SMILES string of the molecule is CCN(CC)c1ccc(CN(Cc2ccc(F)cc2)C(=O)C2CCC2)c(OS(=O)(=O)CC)c1. The van der Waals surface area contributed by atoms with Gasteiger partial charge in [0.15, 0.2) is 0 Å². The van der Waals surface area contributed by atoms with Crippen LogP contribution in [-0.4, -0.2) is 38.1 Å². The predicted octanol–water partition coefficient (Wildman–Crippen LogP) is 4.73. The summed E-state index contributed by atoms with van der Waals surface area (Å²) in [6.45, 7) is 7.65. The Hall–Kier alpha value is -2.61. The molecule has 6 nitrogen and oxygen atoms in total. The molecule has 1 aliphatic carbocycles. The van der Waals surface area contributed by atoms with E-state index in [1.54, 1.807) is 23.1 Å². The number of rotatable bonds is 11. The van der Waals surface area contributed by atoms with E-state index in [-0.39, 0.29) is 35.7 Å². The maximum atomic E-state index is 13.4. The molecular formula is C25H33FN2O4S. The van der Waals surface area contributed by atoms with Crippen LogP contribution in [0.25, 0.3) is 0 Å². The van der Waals surface area contributed by atoms with Gasteiger partial charge >= 0.3 is 10.1 Å². The van der Waals surface area contributed by atoms with E-state index in [2.05, 4.69) is 4.90 Å². The third kappa shape index (κ3) is 6.47. The van der Waals surface area contributed by atoms with Crippen LogP contribution < -0.4 is 9.08 Å². The molecule has 0 heterocycles. The Bertz CT molecular complexity index is 1050. The molecule has 0 bridgehead atoms. The normalized spacial score (nSPS) is 13.9. The van der Waals surface area contributed by atoms with Crippen molar-refractivity contribution in [2.75, 3.05) is 23.7 Å². The van der Waals surface area contributed by atoms with Crippen molar-refractivity contribution in [1.82, 2.24) is 4.90 Å². The number of carbonyl (C=O) groups is 1. The second kappa shape index (κ2) is 11.0. The molecule has 0 spiro atoms. The molecule has 1 saturated carbocycles. The minimum Gasteiger partial charge on any atom is -0.382 e. The standard InChI is InChI=1S/C25H33FN2O4S/c1-4-27(5-2)23-15-12-21(24(16-23)32-33(30,31)6-3)18-28(25(29)20-8-7-9-20)17-19-10-13-22(26)14-11-19/h10-16,20H,4-9,17-18H2,1-3H3. The fourth-order valence-electron chi connectivity index (χ4n) is 3.87. The van der Waals surface area contributed by atoms with Gasteiger partial charge in [0, 0.05) is 49.4 Å². The average Bonchev–Trinajstić information content (AvgIpc) is 2.75. The monoisotopic (exact) mass is 476 g/mol. The van der Waals surface area contributed by atoms with Gasteiger partial charge in [-0.1, -0.05) is 24.6 Å². The van der Waals surface area contributed by atoms with Gasteiger partial charge in [-0.25, -0.2) is 4.39 Å². The Labute approximate surface area is 196 Å². The number of benzene rings is 2. The first kappa shape index (κ1) is 25.0. The number of anilines is 1. The lowest BCUT2D eigenvalue weighted by molar-refractivity contribution is -0.139. The molecule has 2 aromatic carbocycles. The fraction of sp³-hybridized carbons (Fsp3) is 0.480. The highest BCUT2D eigenvalue weighted by atomic mass is 32.2. The summed E-state index contributed by atoms with van der Waals surface area (Å²) in [5.41, 5.74) is 2.30. The molecule has 0 saturated heterocycles. The highest BCUT2D eigenvalue weighted by molar-refractivity contribution is 7.87. The van der Waals surface area contributed by atoms with Gasteiger partial charge in [0.2, 0.25) is 5.91 Å². The molecule has 0 aromatic heterocycles. The number of amides is 1. The second-order valence-corrected chi connectivity index (χ2v) is 10.2. The van der Waals surface area contributed by atoms with E-state index < -0.39 is 10.1 Å². The van der Waals surface area contributed by atoms with Crippen LogP contribution in [0, 0.1) is 11.7 Å². The lowest BCUT2D eigenvalue weighted by atomic mass is 9.84. The molecule has 2 aromatic rings. The number of carbonyl (C=O) groups excluding carboxylic acids is 1. The summed E-state index contributed by atoms with van der Waals surface area (Å²) in [5.74, 6) is -0.232. The Kier molecular flexibility index (Phi) is 8.35. The summed E-state index contributed by atoms with van der Waals surface area (Å²) in [4.78, 5) is 17.0. The van der Waals surface area contributed by atoms with E-state index in [9.17, 15) is 17.6 Å². The molecule has 0 aliphatic heterocycles. The van der Waals surface area contributed by atoms with Crippen molar-refractivity contribution in [2.45, 2.75) is 53.1 Å². The summed E-state index contributed by atoms with van der Waals surface area (Å²) < 4.78 is 43.4. The highest BCUT2D eigenvalue weighted by Gasteiger charge is 2.30. The van der Waals surface area contributed by atoms with Crippen LogP contribution in [0.5, 0.6) is 5.75 Å². The minimum absolute atomic E-state index is 0.0239. The molecule has 3 rings (SSSR count). The molecule has 33 heavy (non-hydrogen) atoms. The van der Waals surface area contributed by atoms with Crippen molar-refractivity contribution in [1.29, 1.82) is 0 Å². The molecule has 180 valence electrons. The molecule has 0 radical (unpaired) electrons. The van der Waals surface area contributed by atoms with Crippen molar-refractivity contribution in [3.63, 3.8) is 0 Å². The van der Waals surface area contributed by atoms with Gasteiger partial charge in [0.05, 0.1) is 5.75 Å². The topological polar surface area (TPSA) is 66.9 Å². The number of nitrogens with zero attached hydrogens (tertiary/aromatic N) is 2. The first-order valence-corrected chi connectivity index (χ1v) is 13.2. The zero-order valence-electron chi connectivity index (χ0n) is 19.6. The summed E-state index contributed by atoms with van der Waals surface area (Å²) >= 11 is 0. The Morgan fingerprint density at radius 3 is 2.24 bits per heavy atom. The lowest BCUT2D eigenvalue weighted by Gasteiger charge is -2.32. The van der Waals surface area contributed by atoms with E-state index in [4.69, 9.17) is 4.18 Å². The molecule has 0 unspecified atom stereocenters. The predicted molar refractivity (Wildman–Crippen MR) is 128 cm³/mol. The zero-order chi connectivity index (χ0) is 24.0. The van der Waals surface area contributed by atoms with Gasteiger partial charge in [0.25, 0.3) is 0 Å². The summed E-state index contributed by atoms with van der Waals surface area (Å²) in [7, 11) is -3.74. The van der Waals surface area contributed by atoms with Crippen LogP contribution in [0.1, 0.15) is 51.2 Å². The first-order chi connectivity index (χ1) is 15.8. The van der Waals surface area contributed by atoms with Crippen molar-refractivity contribution < 1.29 is 21.8 Å². The number of hydrogen-bond donors (Lipinski definition) is 0. The third-order valence-electron chi connectivity index (χ3n) is 6.16. The minimum atomic E-state index is -3.74. The van der Waals surface area contributed by atoms with Gasteiger partial charge in [-0.3, -0.25) is 4.79 Å². The van der Waals surface area contributed by atoms with Crippen LogP contribution in [0.2, 0.25) is 0 Å². The molecular weight excluding hydrogens is 443 g/mol. The van der Waals surface area contributed by atoms with Crippen LogP contribution in [0.4, 0.5) is 10.1 Å². The van der Waals surface area contributed by atoms with Crippen LogP contribution in [0.15, 0.2) is 42.5 Å². The summed E-state index contributed by atoms with van der Waals surface area (Å²) in [6, 6.07) is 11.6. The first-order valence-electron chi connectivity index (χ1n) is 11.6. The van der Waals surface area contributed by atoms with Crippen LogP contribution >= 0.6 is 0 Å². The summed E-state index contributed by atoms with van der Waals surface area (Å²) in [6.07, 6.45) is 2.74. The zero-order valence-corrected chi connectivity index (χ0v) is 20.4. The van der Waals surface area contributed by atoms with Crippen molar-refractivity contribution in [3.05, 3.63) is 59.4 Å². The largest absolute Gasteiger partial charge is 0.382 e. The van der Waals surface area contributed by atoms with Gasteiger partial charge < -0.3 is 14.0 Å². The maximum Gasteiger partial charge on any atom is 0.308 e. The maximum absolute atomic E-state index is 13.4. The Morgan fingerprint density at radius 2 is 1.70 bits per heavy atom. The van der Waals surface area contributed by atoms with Gasteiger partial charge in [0.1, 0.15) is 11.6 Å². The fourth-order valence-corrected chi connectivity index (χ4v) is 4.42. The lowest BCUT2D eigenvalue weighted by Crippen LogP contribution is -2.38. The number of hydrogen-bond acceptors (Lipinski definition) is 5. The van der Waals surface area contributed by atoms with Gasteiger partial charge in [-0.15, -0.1) is 0 Å². The highest BCUT2D eigenvalue weighted by Crippen LogP contribution is 2.32. The van der Waals surface area contributed by atoms with E-state index in [1.807, 2.05) is 26.0 Å². The molecule has 1 amide bonds. The molecule has 1 aliphatic rings. The van der Waals surface area contributed by atoms with Crippen LogP contribution in [0.3, 0.4) is 0 Å². The van der Waals surface area contributed by atoms with Crippen molar-refractivity contribution >= 4 is 21.7 Å². The van der Waals surface area contributed by atoms with Gasteiger partial charge in [-0.05, 0) is 57.4 Å². The van der Waals surface area contributed by atoms with Crippen molar-refractivity contribution in [3.8, 4) is 5.75 Å². The van der Waals surface area contributed by atoms with E-state index in [1.165, 1.54) is 19.1 Å². The third-order valence-corrected chi connectivity index (χ3v) is 7.30. The average molecular weight is 477 g/mol. The summed E-state index contributed by atoms with van der Waals surface area (Å²) in [5, 5.41) is 0. The van der Waals surface area contributed by atoms with Gasteiger partial charge in [-0.2, -0.15) is 8.42 Å². The molecule has 0 atom stereocenters. The quantitative estimate of drug-likeness (QED) is 0.439. The van der Waals surface area contributed by atoms with E-state index in [0.717, 1.165) is 43.6 Å². The molecule has 8 heteroatoms. The number of halogens is 1. The second-order valence-electron chi connectivity index (χ2n) is 8.34. The van der Waals surface area contributed by atoms with Crippen molar-refractivity contribution in [2.24, 2.45) is 5.92 Å².